The number of quaternary nitrogens is 1. The summed E-state index contributed by atoms with van der Waals surface area (Å²) in [4.78, 5) is 40.0. The molecule has 0 rings (SSSR count). The summed E-state index contributed by atoms with van der Waals surface area (Å²) in [5, 5.41) is 3.00. The number of carbonyl (C=O) groups excluding carboxylic acids is 2. The van der Waals surface area contributed by atoms with Crippen LogP contribution >= 0.6 is 7.82 Å². The number of unbranched alkanes of at least 4 members (excludes halogenated alkanes) is 32. The first-order valence-corrected chi connectivity index (χ1v) is 34.9. The maximum absolute atomic E-state index is 13.5. The summed E-state index contributed by atoms with van der Waals surface area (Å²) in [6.45, 7) is 6.76. The van der Waals surface area contributed by atoms with Crippen LogP contribution in [0.3, 0.4) is 0 Å². The zero-order valence-corrected chi connectivity index (χ0v) is 53.9. The molecule has 1 amide bonds. The lowest BCUT2D eigenvalue weighted by Crippen LogP contribution is -2.47. The minimum Gasteiger partial charge on any atom is -0.756 e. The monoisotopic (exact) mass is 1140 g/mol. The van der Waals surface area contributed by atoms with Crippen molar-refractivity contribution in [2.45, 2.75) is 309 Å². The molecule has 0 aromatic rings. The average Bonchev–Trinajstić information content (AvgIpc) is 3.42. The summed E-state index contributed by atoms with van der Waals surface area (Å²) in [6.07, 6.45) is 78.6. The molecule has 1 N–H and O–H groups in total. The summed E-state index contributed by atoms with van der Waals surface area (Å²) < 4.78 is 30.3. The predicted molar refractivity (Wildman–Crippen MR) is 344 cm³/mol. The summed E-state index contributed by atoms with van der Waals surface area (Å²) in [5.41, 5.74) is 0. The van der Waals surface area contributed by atoms with Gasteiger partial charge in [-0.05, 0) is 102 Å². The fourth-order valence-corrected chi connectivity index (χ4v) is 10.1. The number of amides is 1. The van der Waals surface area contributed by atoms with Gasteiger partial charge in [-0.15, -0.1) is 0 Å². The van der Waals surface area contributed by atoms with E-state index in [1.165, 1.54) is 186 Å². The van der Waals surface area contributed by atoms with Crippen molar-refractivity contribution in [2.24, 2.45) is 0 Å². The van der Waals surface area contributed by atoms with E-state index in [4.69, 9.17) is 13.8 Å². The number of rotatable bonds is 60. The van der Waals surface area contributed by atoms with Crippen molar-refractivity contribution in [3.63, 3.8) is 0 Å². The number of esters is 1. The Kier molecular flexibility index (Phi) is 57.3. The Labute approximate surface area is 495 Å². The SMILES string of the molecule is CCCCC/C=C\C/C=C\C/C=C\C/C=C\CCCC(=O)NC(COP(=O)([O-])OCC[N+](C)(C)C)C(/C=C\CCCCCCCCCCCC)OC(=O)CCCCCCCCCCCCCCCCC/C=C\C/C=C\CCCCC. The Morgan fingerprint density at radius 1 is 0.438 bits per heavy atom. The van der Waals surface area contributed by atoms with Crippen molar-refractivity contribution in [3.05, 3.63) is 85.1 Å². The molecule has 0 heterocycles. The maximum Gasteiger partial charge on any atom is 0.306 e. The fraction of sp³-hybridized carbons (Fsp3) is 0.771. The molecule has 464 valence electrons. The molecule has 80 heavy (non-hydrogen) atoms. The number of nitrogens with one attached hydrogen (secondary N) is 1. The van der Waals surface area contributed by atoms with Crippen LogP contribution in [0.2, 0.25) is 0 Å². The molecule has 0 radical (unpaired) electrons. The van der Waals surface area contributed by atoms with Crippen LogP contribution in [-0.4, -0.2) is 69.4 Å². The molecule has 0 saturated carbocycles. The van der Waals surface area contributed by atoms with Gasteiger partial charge in [0.1, 0.15) is 19.3 Å². The number of ether oxygens (including phenoxy) is 1. The molecule has 0 aromatic heterocycles. The highest BCUT2D eigenvalue weighted by Crippen LogP contribution is 2.38. The third-order valence-corrected chi connectivity index (χ3v) is 15.5. The molecule has 0 aliphatic heterocycles. The largest absolute Gasteiger partial charge is 0.756 e. The zero-order chi connectivity index (χ0) is 58.6. The topological polar surface area (TPSA) is 114 Å². The zero-order valence-electron chi connectivity index (χ0n) is 53.0. The van der Waals surface area contributed by atoms with Gasteiger partial charge in [0.05, 0.1) is 33.8 Å². The van der Waals surface area contributed by atoms with Crippen LogP contribution in [0.1, 0.15) is 297 Å². The number of likely N-dealkylation sites (N-methyl/N-ethyl adjacent to an activating group) is 1. The summed E-state index contributed by atoms with van der Waals surface area (Å²) in [5.74, 6) is -0.603. The second kappa shape index (κ2) is 59.4. The highest BCUT2D eigenvalue weighted by atomic mass is 31.2. The van der Waals surface area contributed by atoms with Crippen LogP contribution in [-0.2, 0) is 27.9 Å². The van der Waals surface area contributed by atoms with E-state index in [1.807, 2.05) is 33.3 Å². The number of allylic oxidation sites excluding steroid dienone is 13. The fourth-order valence-electron chi connectivity index (χ4n) is 9.37. The van der Waals surface area contributed by atoms with Gasteiger partial charge in [-0.1, -0.05) is 267 Å². The van der Waals surface area contributed by atoms with E-state index in [-0.39, 0.29) is 31.3 Å². The van der Waals surface area contributed by atoms with Crippen LogP contribution in [0.5, 0.6) is 0 Å². The summed E-state index contributed by atoms with van der Waals surface area (Å²) in [6, 6.07) is -0.920. The quantitative estimate of drug-likeness (QED) is 0.0212. The van der Waals surface area contributed by atoms with Gasteiger partial charge in [-0.25, -0.2) is 0 Å². The molecule has 0 saturated heterocycles. The number of phosphoric ester groups is 1. The molecule has 0 bridgehead atoms. The molecule has 3 unspecified atom stereocenters. The molecule has 3 atom stereocenters. The lowest BCUT2D eigenvalue weighted by atomic mass is 10.0. The Morgan fingerprint density at radius 3 is 1.19 bits per heavy atom. The molecule has 0 aliphatic rings. The van der Waals surface area contributed by atoms with Gasteiger partial charge < -0.3 is 28.5 Å². The summed E-state index contributed by atoms with van der Waals surface area (Å²) in [7, 11) is 1.15. The van der Waals surface area contributed by atoms with Crippen molar-refractivity contribution in [2.75, 3.05) is 40.9 Å². The number of nitrogens with zero attached hydrogens (tertiary/aromatic N) is 1. The first kappa shape index (κ1) is 77.2. The lowest BCUT2D eigenvalue weighted by Gasteiger charge is -2.30. The van der Waals surface area contributed by atoms with Crippen molar-refractivity contribution in [3.8, 4) is 0 Å². The van der Waals surface area contributed by atoms with Crippen LogP contribution in [0.4, 0.5) is 0 Å². The lowest BCUT2D eigenvalue weighted by molar-refractivity contribution is -0.870. The molecule has 0 aliphatic carbocycles. The van der Waals surface area contributed by atoms with Crippen molar-refractivity contribution in [1.29, 1.82) is 0 Å². The Hall–Kier alpha value is -2.81. The van der Waals surface area contributed by atoms with Gasteiger partial charge in [0.2, 0.25) is 5.91 Å². The minimum atomic E-state index is -4.72. The van der Waals surface area contributed by atoms with E-state index in [9.17, 15) is 19.0 Å². The first-order valence-electron chi connectivity index (χ1n) is 33.4. The van der Waals surface area contributed by atoms with Gasteiger partial charge in [0, 0.05) is 12.8 Å². The van der Waals surface area contributed by atoms with E-state index in [1.54, 1.807) is 0 Å². The third kappa shape index (κ3) is 59.8. The Morgan fingerprint density at radius 2 is 0.775 bits per heavy atom. The van der Waals surface area contributed by atoms with Crippen LogP contribution < -0.4 is 10.2 Å². The van der Waals surface area contributed by atoms with Crippen molar-refractivity contribution < 1.29 is 37.3 Å². The molecular weight excluding hydrogens is 1010 g/mol. The smallest absolute Gasteiger partial charge is 0.306 e. The van der Waals surface area contributed by atoms with Crippen LogP contribution in [0.25, 0.3) is 0 Å². The van der Waals surface area contributed by atoms with E-state index in [2.05, 4.69) is 99.0 Å². The second-order valence-electron chi connectivity index (χ2n) is 23.6. The number of hydrogen-bond acceptors (Lipinski definition) is 7. The molecule has 0 aromatic carbocycles. The van der Waals surface area contributed by atoms with E-state index < -0.39 is 26.6 Å². The van der Waals surface area contributed by atoms with E-state index in [0.29, 0.717) is 17.4 Å². The van der Waals surface area contributed by atoms with Crippen molar-refractivity contribution in [1.82, 2.24) is 5.32 Å². The average molecular weight is 1140 g/mol. The Balaban J connectivity index is 5.16. The number of hydrogen-bond donors (Lipinski definition) is 1. The van der Waals surface area contributed by atoms with Crippen molar-refractivity contribution >= 4 is 19.7 Å². The molecular formula is C70H127N2O7P. The number of carbonyl (C=O) groups is 2. The van der Waals surface area contributed by atoms with Gasteiger partial charge in [-0.3, -0.25) is 14.2 Å². The molecule has 0 spiro atoms. The van der Waals surface area contributed by atoms with Gasteiger partial charge >= 0.3 is 5.97 Å². The maximum atomic E-state index is 13.5. The second-order valence-corrected chi connectivity index (χ2v) is 25.0. The van der Waals surface area contributed by atoms with Gasteiger partial charge in [-0.2, -0.15) is 0 Å². The standard InChI is InChI=1S/C70H127N2O7P/c1-7-10-13-16-19-22-25-28-30-32-33-34-35-36-37-38-39-41-43-45-48-51-54-57-60-63-70(74)79-68(61-58-55-52-49-46-27-24-21-18-15-12-9-3)67(66-78-80(75,76)77-65-64-72(4,5)6)71-69(73)62-59-56-53-50-47-44-42-40-31-29-26-23-20-17-14-11-8-2/h19-20,22-23,28-31,42,44,50,53,58,61,67-68H,7-18,21,24-27,32-41,43,45-49,51-52,54-57,59-60,62-66H2,1-6H3,(H-,71,73,75,76)/b22-19-,23-20-,30-28-,31-29-,44-42-,53-50-,61-58-. The summed E-state index contributed by atoms with van der Waals surface area (Å²) >= 11 is 0. The van der Waals surface area contributed by atoms with Gasteiger partial charge in [0.15, 0.2) is 0 Å². The van der Waals surface area contributed by atoms with Gasteiger partial charge in [0.25, 0.3) is 7.82 Å². The highest BCUT2D eigenvalue weighted by molar-refractivity contribution is 7.45. The molecule has 0 fully saturated rings. The molecule has 9 nitrogen and oxygen atoms in total. The first-order chi connectivity index (χ1) is 38.9. The van der Waals surface area contributed by atoms with Crippen LogP contribution in [0.15, 0.2) is 85.1 Å². The number of phosphoric acid groups is 1. The van der Waals surface area contributed by atoms with E-state index in [0.717, 1.165) is 70.6 Å². The molecule has 10 heteroatoms. The third-order valence-electron chi connectivity index (χ3n) is 14.5. The normalized spacial score (nSPS) is 14.1. The minimum absolute atomic E-state index is 0.0346. The predicted octanol–water partition coefficient (Wildman–Crippen LogP) is 20.3. The van der Waals surface area contributed by atoms with Crippen LogP contribution in [0, 0.1) is 0 Å². The Bertz CT molecular complexity index is 1640. The van der Waals surface area contributed by atoms with E-state index >= 15 is 0 Å². The highest BCUT2D eigenvalue weighted by Gasteiger charge is 2.27.